The molecule has 0 atom stereocenters. The summed E-state index contributed by atoms with van der Waals surface area (Å²) in [4.78, 5) is 11.6. The molecule has 4 nitrogen and oxygen atoms in total. The lowest BCUT2D eigenvalue weighted by atomic mass is 10.2. The van der Waals surface area contributed by atoms with Gasteiger partial charge in [0.05, 0.1) is 0 Å². The zero-order valence-corrected chi connectivity index (χ0v) is 10.5. The molecule has 0 bridgehead atoms. The zero-order valence-electron chi connectivity index (χ0n) is 9.69. The molecule has 0 radical (unpaired) electrons. The summed E-state index contributed by atoms with van der Waals surface area (Å²) in [5.41, 5.74) is 6.82. The van der Waals surface area contributed by atoms with Crippen molar-refractivity contribution in [2.24, 2.45) is 0 Å². The van der Waals surface area contributed by atoms with Crippen LogP contribution < -0.4 is 11.1 Å². The Balaban J connectivity index is 2.19. The minimum atomic E-state index is -0.0761. The summed E-state index contributed by atoms with van der Waals surface area (Å²) in [6, 6.07) is 6.85. The van der Waals surface area contributed by atoms with Crippen LogP contribution in [-0.4, -0.2) is 35.7 Å². The molecule has 0 aromatic heterocycles. The number of hydrogen-bond acceptors (Lipinski definition) is 4. The van der Waals surface area contributed by atoms with Crippen LogP contribution in [0.3, 0.4) is 0 Å². The highest BCUT2D eigenvalue weighted by atomic mass is 32.2. The third-order valence-electron chi connectivity index (χ3n) is 2.15. The maximum Gasteiger partial charge on any atom is 0.251 e. The number of nitrogens with one attached hydrogen (secondary N) is 1. The Hall–Kier alpha value is -1.20. The van der Waals surface area contributed by atoms with Crippen LogP contribution in [0.15, 0.2) is 24.3 Å². The number of hydrogen-bond donors (Lipinski definition) is 3. The van der Waals surface area contributed by atoms with Crippen molar-refractivity contribution in [3.63, 3.8) is 0 Å². The molecule has 1 rings (SSSR count). The number of aliphatic hydroxyl groups excluding tert-OH is 1. The molecule has 1 aromatic rings. The van der Waals surface area contributed by atoms with Crippen molar-refractivity contribution in [2.75, 3.05) is 30.4 Å². The van der Waals surface area contributed by atoms with E-state index in [4.69, 9.17) is 10.8 Å². The molecule has 0 saturated heterocycles. The highest BCUT2D eigenvalue weighted by Gasteiger charge is 2.03. The number of amides is 1. The predicted molar refractivity (Wildman–Crippen MR) is 72.2 cm³/mol. The minimum absolute atomic E-state index is 0.0761. The van der Waals surface area contributed by atoms with E-state index in [1.165, 1.54) is 0 Å². The summed E-state index contributed by atoms with van der Waals surface area (Å²) < 4.78 is 0. The highest BCUT2D eigenvalue weighted by Crippen LogP contribution is 2.05. The number of aliphatic hydroxyl groups is 1. The summed E-state index contributed by atoms with van der Waals surface area (Å²) in [6.07, 6.45) is 0.802. The maximum atomic E-state index is 11.6. The van der Waals surface area contributed by atoms with Gasteiger partial charge in [-0.2, -0.15) is 11.8 Å². The van der Waals surface area contributed by atoms with E-state index in [0.29, 0.717) is 17.8 Å². The molecule has 1 amide bonds. The van der Waals surface area contributed by atoms with Crippen LogP contribution >= 0.6 is 11.8 Å². The molecule has 0 fully saturated rings. The van der Waals surface area contributed by atoms with E-state index in [0.717, 1.165) is 17.9 Å². The Kier molecular flexibility index (Phi) is 6.50. The van der Waals surface area contributed by atoms with Crippen LogP contribution in [-0.2, 0) is 0 Å². The predicted octanol–water partition coefficient (Wildman–Crippen LogP) is 1.11. The first-order valence-electron chi connectivity index (χ1n) is 5.56. The van der Waals surface area contributed by atoms with Gasteiger partial charge in [0.25, 0.3) is 5.91 Å². The molecule has 1 aromatic carbocycles. The summed E-state index contributed by atoms with van der Waals surface area (Å²) in [5, 5.41) is 11.4. The van der Waals surface area contributed by atoms with Crippen molar-refractivity contribution in [1.29, 1.82) is 0 Å². The normalized spacial score (nSPS) is 10.2. The average Bonchev–Trinajstić information content (AvgIpc) is 2.34. The van der Waals surface area contributed by atoms with Gasteiger partial charge in [-0.05, 0) is 36.4 Å². The van der Waals surface area contributed by atoms with Crippen LogP contribution in [0.2, 0.25) is 0 Å². The lowest BCUT2D eigenvalue weighted by molar-refractivity contribution is 0.0956. The van der Waals surface area contributed by atoms with Crippen LogP contribution in [0.25, 0.3) is 0 Å². The molecule has 0 aliphatic rings. The van der Waals surface area contributed by atoms with E-state index in [1.807, 2.05) is 0 Å². The number of thioether (sulfide) groups is 1. The Bertz CT molecular complexity index is 341. The molecular weight excluding hydrogens is 236 g/mol. The second-order valence-electron chi connectivity index (χ2n) is 3.57. The molecule has 4 N–H and O–H groups in total. The second kappa shape index (κ2) is 7.97. The molecule has 0 aliphatic heterocycles. The van der Waals surface area contributed by atoms with Gasteiger partial charge in [-0.3, -0.25) is 4.79 Å². The van der Waals surface area contributed by atoms with Crippen LogP contribution in [0.5, 0.6) is 0 Å². The van der Waals surface area contributed by atoms with Gasteiger partial charge in [0, 0.05) is 30.2 Å². The molecule has 17 heavy (non-hydrogen) atoms. The molecule has 0 aliphatic carbocycles. The maximum absolute atomic E-state index is 11.6. The summed E-state index contributed by atoms with van der Waals surface area (Å²) in [6.45, 7) is 0.865. The Morgan fingerprint density at radius 1 is 1.29 bits per heavy atom. The fourth-order valence-corrected chi connectivity index (χ4v) is 2.03. The van der Waals surface area contributed by atoms with E-state index >= 15 is 0 Å². The topological polar surface area (TPSA) is 75.4 Å². The number of carbonyl (C=O) groups is 1. The van der Waals surface area contributed by atoms with Gasteiger partial charge in [0.15, 0.2) is 0 Å². The summed E-state index contributed by atoms with van der Waals surface area (Å²) in [5.74, 6) is 1.71. The van der Waals surface area contributed by atoms with E-state index in [-0.39, 0.29) is 12.5 Å². The molecule has 0 spiro atoms. The first kappa shape index (κ1) is 13.9. The standard InChI is InChI=1S/C12H18N2O2S/c13-11-4-2-10(3-5-11)12(16)14-6-9-17-8-1-7-15/h2-5,15H,1,6-9,13H2,(H,14,16). The van der Waals surface area contributed by atoms with Crippen molar-refractivity contribution >= 4 is 23.4 Å². The minimum Gasteiger partial charge on any atom is -0.399 e. The third-order valence-corrected chi connectivity index (χ3v) is 3.22. The monoisotopic (exact) mass is 254 g/mol. The smallest absolute Gasteiger partial charge is 0.251 e. The van der Waals surface area contributed by atoms with Crippen molar-refractivity contribution < 1.29 is 9.90 Å². The van der Waals surface area contributed by atoms with Gasteiger partial charge in [0.2, 0.25) is 0 Å². The van der Waals surface area contributed by atoms with Crippen molar-refractivity contribution in [1.82, 2.24) is 5.32 Å². The third kappa shape index (κ3) is 5.60. The van der Waals surface area contributed by atoms with Gasteiger partial charge >= 0.3 is 0 Å². The summed E-state index contributed by atoms with van der Waals surface area (Å²) in [7, 11) is 0. The molecule has 0 heterocycles. The van der Waals surface area contributed by atoms with E-state index in [2.05, 4.69) is 5.32 Å². The zero-order chi connectivity index (χ0) is 12.5. The number of benzene rings is 1. The Labute approximate surface area is 106 Å². The van der Waals surface area contributed by atoms with Gasteiger partial charge in [-0.1, -0.05) is 0 Å². The van der Waals surface area contributed by atoms with Gasteiger partial charge < -0.3 is 16.2 Å². The van der Waals surface area contributed by atoms with Gasteiger partial charge in [-0.25, -0.2) is 0 Å². The summed E-state index contributed by atoms with van der Waals surface area (Å²) >= 11 is 1.72. The van der Waals surface area contributed by atoms with Crippen LogP contribution in [0, 0.1) is 0 Å². The van der Waals surface area contributed by atoms with Crippen molar-refractivity contribution in [3.05, 3.63) is 29.8 Å². The molecule has 0 unspecified atom stereocenters. The van der Waals surface area contributed by atoms with E-state index < -0.39 is 0 Å². The Morgan fingerprint density at radius 3 is 2.65 bits per heavy atom. The second-order valence-corrected chi connectivity index (χ2v) is 4.79. The lowest BCUT2D eigenvalue weighted by Gasteiger charge is -2.05. The number of nitrogen functional groups attached to an aromatic ring is 1. The van der Waals surface area contributed by atoms with Gasteiger partial charge in [0.1, 0.15) is 0 Å². The average molecular weight is 254 g/mol. The number of carbonyl (C=O) groups excluding carboxylic acids is 1. The Morgan fingerprint density at radius 2 is 2.00 bits per heavy atom. The van der Waals surface area contributed by atoms with Crippen molar-refractivity contribution in [3.8, 4) is 0 Å². The fourth-order valence-electron chi connectivity index (χ4n) is 1.24. The first-order valence-corrected chi connectivity index (χ1v) is 6.72. The van der Waals surface area contributed by atoms with E-state index in [9.17, 15) is 4.79 Å². The molecular formula is C12H18N2O2S. The quantitative estimate of drug-likeness (QED) is 0.503. The molecule has 94 valence electrons. The first-order chi connectivity index (χ1) is 8.24. The van der Waals surface area contributed by atoms with E-state index in [1.54, 1.807) is 36.0 Å². The number of nitrogens with two attached hydrogens (primary N) is 1. The largest absolute Gasteiger partial charge is 0.399 e. The van der Waals surface area contributed by atoms with Crippen LogP contribution in [0.4, 0.5) is 5.69 Å². The fraction of sp³-hybridized carbons (Fsp3) is 0.417. The number of anilines is 1. The molecule has 5 heteroatoms. The van der Waals surface area contributed by atoms with Gasteiger partial charge in [-0.15, -0.1) is 0 Å². The van der Waals surface area contributed by atoms with Crippen LogP contribution in [0.1, 0.15) is 16.8 Å². The number of rotatable bonds is 7. The SMILES string of the molecule is Nc1ccc(C(=O)NCCSCCCO)cc1. The molecule has 0 saturated carbocycles. The highest BCUT2D eigenvalue weighted by molar-refractivity contribution is 7.99. The lowest BCUT2D eigenvalue weighted by Crippen LogP contribution is -2.25. The van der Waals surface area contributed by atoms with Crippen molar-refractivity contribution in [2.45, 2.75) is 6.42 Å².